The predicted octanol–water partition coefficient (Wildman–Crippen LogP) is 5.25. The summed E-state index contributed by atoms with van der Waals surface area (Å²) in [6, 6.07) is 0. The molecular formula is C18H36O2. The predicted molar refractivity (Wildman–Crippen MR) is 88.1 cm³/mol. The molecule has 0 radical (unpaired) electrons. The first-order valence-electron chi connectivity index (χ1n) is 8.70. The van der Waals surface area contributed by atoms with Gasteiger partial charge in [0.1, 0.15) is 0 Å². The summed E-state index contributed by atoms with van der Waals surface area (Å²) in [6.07, 6.45) is 17.2. The highest BCUT2D eigenvalue weighted by molar-refractivity contribution is 4.79. The van der Waals surface area contributed by atoms with Crippen molar-refractivity contribution in [3.8, 4) is 0 Å². The minimum absolute atomic E-state index is 0.126. The van der Waals surface area contributed by atoms with Gasteiger partial charge in [-0.3, -0.25) is 0 Å². The molecule has 0 saturated heterocycles. The fraction of sp³-hybridized carbons (Fsp3) is 0.889. The van der Waals surface area contributed by atoms with Gasteiger partial charge in [-0.15, -0.1) is 6.58 Å². The van der Waals surface area contributed by atoms with E-state index in [2.05, 4.69) is 13.5 Å². The molecule has 0 rings (SSSR count). The molecule has 0 aromatic heterocycles. The molecule has 0 aliphatic rings. The fourth-order valence-electron chi connectivity index (χ4n) is 2.39. The summed E-state index contributed by atoms with van der Waals surface area (Å²) in [4.78, 5) is 0. The molecule has 1 N–H and O–H groups in total. The molecule has 1 atom stereocenters. The van der Waals surface area contributed by atoms with Crippen molar-refractivity contribution < 1.29 is 9.84 Å². The van der Waals surface area contributed by atoms with Crippen LogP contribution in [0.4, 0.5) is 0 Å². The van der Waals surface area contributed by atoms with Crippen LogP contribution in [0.15, 0.2) is 12.7 Å². The maximum atomic E-state index is 8.78. The van der Waals surface area contributed by atoms with Crippen LogP contribution in [0.3, 0.4) is 0 Å². The first-order valence-corrected chi connectivity index (χ1v) is 8.70. The van der Waals surface area contributed by atoms with Gasteiger partial charge in [0.2, 0.25) is 0 Å². The third-order valence-corrected chi connectivity index (χ3v) is 3.74. The van der Waals surface area contributed by atoms with Crippen molar-refractivity contribution in [1.29, 1.82) is 0 Å². The zero-order valence-corrected chi connectivity index (χ0v) is 13.6. The molecular weight excluding hydrogens is 248 g/mol. The lowest BCUT2D eigenvalue weighted by atomic mass is 10.1. The van der Waals surface area contributed by atoms with Crippen LogP contribution in [0.5, 0.6) is 0 Å². The van der Waals surface area contributed by atoms with E-state index in [1.54, 1.807) is 0 Å². The summed E-state index contributed by atoms with van der Waals surface area (Å²) in [5, 5.41) is 8.78. The second kappa shape index (κ2) is 16.7. The van der Waals surface area contributed by atoms with Crippen molar-refractivity contribution in [2.75, 3.05) is 13.2 Å². The highest BCUT2D eigenvalue weighted by atomic mass is 16.5. The first-order chi connectivity index (χ1) is 9.85. The van der Waals surface area contributed by atoms with E-state index in [4.69, 9.17) is 9.84 Å². The van der Waals surface area contributed by atoms with Gasteiger partial charge in [-0.25, -0.2) is 0 Å². The lowest BCUT2D eigenvalue weighted by Gasteiger charge is -2.13. The van der Waals surface area contributed by atoms with Gasteiger partial charge < -0.3 is 9.84 Å². The van der Waals surface area contributed by atoms with Crippen LogP contribution in [0.1, 0.15) is 84.0 Å². The van der Waals surface area contributed by atoms with Gasteiger partial charge in [0.05, 0.1) is 6.10 Å². The lowest BCUT2D eigenvalue weighted by molar-refractivity contribution is 0.0713. The third-order valence-electron chi connectivity index (χ3n) is 3.74. The number of unbranched alkanes of at least 4 members (excludes halogenated alkanes) is 9. The summed E-state index contributed by atoms with van der Waals surface area (Å²) in [5.74, 6) is 0. The Balaban J connectivity index is 3.17. The van der Waals surface area contributed by atoms with Gasteiger partial charge in [0.25, 0.3) is 0 Å². The summed E-state index contributed by atoms with van der Waals surface area (Å²) < 4.78 is 5.74. The number of ether oxygens (including phenoxy) is 1. The Morgan fingerprint density at radius 1 is 0.900 bits per heavy atom. The van der Waals surface area contributed by atoms with Crippen molar-refractivity contribution in [2.45, 2.75) is 90.1 Å². The van der Waals surface area contributed by atoms with E-state index >= 15 is 0 Å². The van der Waals surface area contributed by atoms with Gasteiger partial charge in [0, 0.05) is 13.2 Å². The van der Waals surface area contributed by atoms with E-state index in [9.17, 15) is 0 Å². The van der Waals surface area contributed by atoms with Crippen molar-refractivity contribution >= 4 is 0 Å². The minimum atomic E-state index is 0.126. The summed E-state index contributed by atoms with van der Waals surface area (Å²) in [7, 11) is 0. The van der Waals surface area contributed by atoms with E-state index in [1.165, 1.54) is 57.8 Å². The number of aliphatic hydroxyl groups is 1. The highest BCUT2D eigenvalue weighted by Crippen LogP contribution is 2.11. The Hall–Kier alpha value is -0.340. The van der Waals surface area contributed by atoms with E-state index in [1.807, 2.05) is 6.08 Å². The number of rotatable bonds is 16. The molecule has 0 aliphatic heterocycles. The number of hydrogen-bond acceptors (Lipinski definition) is 2. The highest BCUT2D eigenvalue weighted by Gasteiger charge is 2.03. The van der Waals surface area contributed by atoms with Crippen LogP contribution in [0, 0.1) is 0 Å². The Morgan fingerprint density at radius 2 is 1.45 bits per heavy atom. The second-order valence-electron chi connectivity index (χ2n) is 5.69. The zero-order valence-electron chi connectivity index (χ0n) is 13.6. The van der Waals surface area contributed by atoms with Crippen LogP contribution in [-0.4, -0.2) is 24.4 Å². The van der Waals surface area contributed by atoms with Crippen molar-refractivity contribution in [3.63, 3.8) is 0 Å². The number of aliphatic hydroxyl groups excluding tert-OH is 1. The van der Waals surface area contributed by atoms with Gasteiger partial charge in [-0.2, -0.15) is 0 Å². The second-order valence-corrected chi connectivity index (χ2v) is 5.69. The van der Waals surface area contributed by atoms with E-state index in [0.717, 1.165) is 25.9 Å². The first kappa shape index (κ1) is 19.7. The topological polar surface area (TPSA) is 29.5 Å². The molecule has 0 spiro atoms. The Bertz CT molecular complexity index is 192. The lowest BCUT2D eigenvalue weighted by Crippen LogP contribution is -2.11. The quantitative estimate of drug-likeness (QED) is 0.310. The SMILES string of the molecule is C=CC(CCCO)OCCCCCCCCCCCC. The molecule has 20 heavy (non-hydrogen) atoms. The van der Waals surface area contributed by atoms with Crippen molar-refractivity contribution in [1.82, 2.24) is 0 Å². The standard InChI is InChI=1S/C18H36O2/c1-3-5-6-7-8-9-10-11-12-13-17-20-18(4-2)15-14-16-19/h4,18-19H,2-3,5-17H2,1H3. The molecule has 0 aromatic carbocycles. The maximum absolute atomic E-state index is 8.78. The van der Waals surface area contributed by atoms with Gasteiger partial charge in [-0.05, 0) is 19.3 Å². The molecule has 0 heterocycles. The van der Waals surface area contributed by atoms with E-state index in [0.29, 0.717) is 0 Å². The van der Waals surface area contributed by atoms with Gasteiger partial charge in [0.15, 0.2) is 0 Å². The largest absolute Gasteiger partial charge is 0.396 e. The molecule has 0 aliphatic carbocycles. The zero-order chi connectivity index (χ0) is 14.9. The molecule has 2 nitrogen and oxygen atoms in total. The molecule has 0 fully saturated rings. The maximum Gasteiger partial charge on any atom is 0.0754 e. The van der Waals surface area contributed by atoms with Crippen LogP contribution in [0.25, 0.3) is 0 Å². The summed E-state index contributed by atoms with van der Waals surface area (Å²) in [5.41, 5.74) is 0. The Morgan fingerprint density at radius 3 is 1.95 bits per heavy atom. The van der Waals surface area contributed by atoms with Crippen LogP contribution in [0.2, 0.25) is 0 Å². The van der Waals surface area contributed by atoms with Gasteiger partial charge in [-0.1, -0.05) is 70.8 Å². The molecule has 1 unspecified atom stereocenters. The molecule has 120 valence electrons. The molecule has 0 amide bonds. The smallest absolute Gasteiger partial charge is 0.0754 e. The van der Waals surface area contributed by atoms with Crippen LogP contribution in [-0.2, 0) is 4.74 Å². The van der Waals surface area contributed by atoms with Crippen molar-refractivity contribution in [3.05, 3.63) is 12.7 Å². The fourth-order valence-corrected chi connectivity index (χ4v) is 2.39. The normalized spacial score (nSPS) is 12.5. The average molecular weight is 284 g/mol. The minimum Gasteiger partial charge on any atom is -0.396 e. The molecule has 0 aromatic rings. The monoisotopic (exact) mass is 284 g/mol. The van der Waals surface area contributed by atoms with E-state index in [-0.39, 0.29) is 12.7 Å². The Labute approximate surface area is 126 Å². The summed E-state index contributed by atoms with van der Waals surface area (Å²) in [6.45, 7) is 7.12. The molecule has 0 saturated carbocycles. The van der Waals surface area contributed by atoms with Crippen LogP contribution < -0.4 is 0 Å². The average Bonchev–Trinajstić information content (AvgIpc) is 2.48. The van der Waals surface area contributed by atoms with E-state index < -0.39 is 0 Å². The van der Waals surface area contributed by atoms with Gasteiger partial charge >= 0.3 is 0 Å². The molecule has 0 bridgehead atoms. The molecule has 2 heteroatoms. The van der Waals surface area contributed by atoms with Crippen LogP contribution >= 0.6 is 0 Å². The van der Waals surface area contributed by atoms with Crippen molar-refractivity contribution in [2.24, 2.45) is 0 Å². The number of hydrogen-bond donors (Lipinski definition) is 1. The summed E-state index contributed by atoms with van der Waals surface area (Å²) >= 11 is 0. The third kappa shape index (κ3) is 14.1. The Kier molecular flexibility index (Phi) is 16.4.